The van der Waals surface area contributed by atoms with Gasteiger partial charge in [0.05, 0.1) is 6.17 Å². The van der Waals surface area contributed by atoms with Gasteiger partial charge in [0.25, 0.3) is 0 Å². The van der Waals surface area contributed by atoms with Gasteiger partial charge >= 0.3 is 0 Å². The van der Waals surface area contributed by atoms with E-state index in [0.717, 1.165) is 6.42 Å². The molecule has 0 fully saturated rings. The van der Waals surface area contributed by atoms with Crippen molar-refractivity contribution in [3.8, 4) is 0 Å². The molecule has 0 atom stereocenters. The fourth-order valence-electron chi connectivity index (χ4n) is 5.23. The van der Waals surface area contributed by atoms with Crippen LogP contribution in [0.2, 0.25) is 0 Å². The highest BCUT2D eigenvalue weighted by molar-refractivity contribution is 4.54. The Bertz CT molecular complexity index is 342. The van der Waals surface area contributed by atoms with E-state index in [-0.39, 0.29) is 6.17 Å². The second-order valence-electron chi connectivity index (χ2n) is 11.4. The van der Waals surface area contributed by atoms with E-state index in [9.17, 15) is 0 Å². The zero-order valence-electron chi connectivity index (χ0n) is 23.9. The number of hydrogen-bond acceptors (Lipinski definition) is 2. The summed E-state index contributed by atoms with van der Waals surface area (Å²) in [6, 6.07) is 0. The van der Waals surface area contributed by atoms with Crippen LogP contribution in [0.3, 0.4) is 0 Å². The maximum absolute atomic E-state index is 5.58. The third kappa shape index (κ3) is 31.9. The first-order chi connectivity index (χ1) is 16.8. The molecule has 0 radical (unpaired) electrons. The van der Waals surface area contributed by atoms with Crippen LogP contribution in [0.4, 0.5) is 0 Å². The zero-order valence-corrected chi connectivity index (χ0v) is 23.9. The molecule has 206 valence electrons. The van der Waals surface area contributed by atoms with Crippen LogP contribution in [0.15, 0.2) is 0 Å². The number of unbranched alkanes of at least 4 members (excludes halogenated alkanes) is 28. The van der Waals surface area contributed by atoms with E-state index in [1.165, 1.54) is 186 Å². The SMILES string of the molecule is CCCCCCCCCCCCCCCCCCCCCCCCCCCCCCCC(N)N. The summed E-state index contributed by atoms with van der Waals surface area (Å²) in [4.78, 5) is 0. The van der Waals surface area contributed by atoms with Crippen molar-refractivity contribution in [2.24, 2.45) is 11.5 Å². The van der Waals surface area contributed by atoms with Gasteiger partial charge < -0.3 is 11.5 Å². The van der Waals surface area contributed by atoms with Crippen molar-refractivity contribution < 1.29 is 0 Å². The maximum atomic E-state index is 5.58. The first kappa shape index (κ1) is 33.9. The molecule has 0 rings (SSSR count). The molecule has 2 nitrogen and oxygen atoms in total. The van der Waals surface area contributed by atoms with Crippen molar-refractivity contribution in [1.29, 1.82) is 0 Å². The molecule has 0 amide bonds. The van der Waals surface area contributed by atoms with Crippen LogP contribution < -0.4 is 11.5 Å². The van der Waals surface area contributed by atoms with Gasteiger partial charge in [0.1, 0.15) is 0 Å². The lowest BCUT2D eigenvalue weighted by Gasteiger charge is -2.05. The van der Waals surface area contributed by atoms with Gasteiger partial charge in [-0.25, -0.2) is 0 Å². The molecule has 0 bridgehead atoms. The highest BCUT2D eigenvalue weighted by Crippen LogP contribution is 2.16. The van der Waals surface area contributed by atoms with Crippen LogP contribution in [0.1, 0.15) is 200 Å². The predicted octanol–water partition coefficient (Wildman–Crippen LogP) is 11.0. The van der Waals surface area contributed by atoms with Gasteiger partial charge in [-0.15, -0.1) is 0 Å². The molecule has 0 saturated heterocycles. The molecule has 0 aliphatic rings. The molecule has 0 spiro atoms. The number of hydrogen-bond donors (Lipinski definition) is 2. The maximum Gasteiger partial charge on any atom is 0.0520 e. The molecule has 0 unspecified atom stereocenters. The van der Waals surface area contributed by atoms with Crippen LogP contribution in [0.5, 0.6) is 0 Å². The van der Waals surface area contributed by atoms with Crippen LogP contribution >= 0.6 is 0 Å². The molecular formula is C32H68N2. The second-order valence-corrected chi connectivity index (χ2v) is 11.4. The second kappa shape index (κ2) is 31.0. The fraction of sp³-hybridized carbons (Fsp3) is 1.00. The minimum Gasteiger partial charge on any atom is -0.316 e. The zero-order chi connectivity index (χ0) is 24.8. The molecule has 0 aromatic rings. The van der Waals surface area contributed by atoms with Gasteiger partial charge in [-0.2, -0.15) is 0 Å². The Labute approximate surface area is 217 Å². The average Bonchev–Trinajstić information content (AvgIpc) is 2.83. The molecule has 4 N–H and O–H groups in total. The van der Waals surface area contributed by atoms with Crippen molar-refractivity contribution in [1.82, 2.24) is 0 Å². The summed E-state index contributed by atoms with van der Waals surface area (Å²) in [5.41, 5.74) is 11.2. The van der Waals surface area contributed by atoms with E-state index < -0.39 is 0 Å². The van der Waals surface area contributed by atoms with Gasteiger partial charge in [-0.1, -0.05) is 193 Å². The normalized spacial score (nSPS) is 11.6. The Kier molecular flexibility index (Phi) is 30.9. The summed E-state index contributed by atoms with van der Waals surface area (Å²) < 4.78 is 0. The van der Waals surface area contributed by atoms with Crippen molar-refractivity contribution in [2.45, 2.75) is 206 Å². The Morgan fingerprint density at radius 1 is 0.294 bits per heavy atom. The summed E-state index contributed by atoms with van der Waals surface area (Å²) in [6.45, 7) is 2.30. The summed E-state index contributed by atoms with van der Waals surface area (Å²) in [7, 11) is 0. The van der Waals surface area contributed by atoms with E-state index in [1.54, 1.807) is 0 Å². The third-order valence-electron chi connectivity index (χ3n) is 7.64. The smallest absolute Gasteiger partial charge is 0.0520 e. The largest absolute Gasteiger partial charge is 0.316 e. The van der Waals surface area contributed by atoms with Crippen LogP contribution in [0.25, 0.3) is 0 Å². The first-order valence-electron chi connectivity index (χ1n) is 16.3. The highest BCUT2D eigenvalue weighted by Gasteiger charge is 1.97. The topological polar surface area (TPSA) is 52.0 Å². The first-order valence-corrected chi connectivity index (χ1v) is 16.3. The molecule has 0 heterocycles. The average molecular weight is 481 g/mol. The summed E-state index contributed by atoms with van der Waals surface area (Å²) in [5, 5.41) is 0. The van der Waals surface area contributed by atoms with E-state index >= 15 is 0 Å². The monoisotopic (exact) mass is 481 g/mol. The van der Waals surface area contributed by atoms with E-state index in [1.807, 2.05) is 0 Å². The Balaban J connectivity index is 3.00. The van der Waals surface area contributed by atoms with Gasteiger partial charge in [-0.05, 0) is 6.42 Å². The van der Waals surface area contributed by atoms with Crippen molar-refractivity contribution >= 4 is 0 Å². The predicted molar refractivity (Wildman–Crippen MR) is 156 cm³/mol. The lowest BCUT2D eigenvalue weighted by atomic mass is 10.0. The standard InChI is InChI=1S/C32H68N2/c1-2-3-4-5-6-7-8-9-10-11-12-13-14-15-16-17-18-19-20-21-22-23-24-25-26-27-28-29-30-31-32(33)34/h32H,2-31,33-34H2,1H3. The summed E-state index contributed by atoms with van der Waals surface area (Å²) in [5.74, 6) is 0. The van der Waals surface area contributed by atoms with Crippen LogP contribution in [0, 0.1) is 0 Å². The van der Waals surface area contributed by atoms with Crippen molar-refractivity contribution in [3.05, 3.63) is 0 Å². The number of rotatable bonds is 30. The molecular weight excluding hydrogens is 412 g/mol. The lowest BCUT2D eigenvalue weighted by molar-refractivity contribution is 0.510. The molecule has 0 aliphatic carbocycles. The lowest BCUT2D eigenvalue weighted by Crippen LogP contribution is -2.29. The Morgan fingerprint density at radius 3 is 0.647 bits per heavy atom. The van der Waals surface area contributed by atoms with E-state index in [0.29, 0.717) is 0 Å². The van der Waals surface area contributed by atoms with Gasteiger partial charge in [0.15, 0.2) is 0 Å². The molecule has 0 aliphatic heterocycles. The minimum absolute atomic E-state index is 0.103. The Morgan fingerprint density at radius 2 is 0.471 bits per heavy atom. The summed E-state index contributed by atoms with van der Waals surface area (Å²) in [6.07, 6.45) is 42.9. The molecule has 0 saturated carbocycles. The molecule has 0 aromatic carbocycles. The molecule has 0 aromatic heterocycles. The van der Waals surface area contributed by atoms with E-state index in [4.69, 9.17) is 11.5 Å². The fourth-order valence-corrected chi connectivity index (χ4v) is 5.23. The number of nitrogens with two attached hydrogens (primary N) is 2. The van der Waals surface area contributed by atoms with E-state index in [2.05, 4.69) is 6.92 Å². The van der Waals surface area contributed by atoms with Crippen molar-refractivity contribution in [2.75, 3.05) is 0 Å². The van der Waals surface area contributed by atoms with Gasteiger partial charge in [0.2, 0.25) is 0 Å². The highest BCUT2D eigenvalue weighted by atomic mass is 14.8. The van der Waals surface area contributed by atoms with Crippen LogP contribution in [-0.2, 0) is 0 Å². The molecule has 34 heavy (non-hydrogen) atoms. The summed E-state index contributed by atoms with van der Waals surface area (Å²) >= 11 is 0. The quantitative estimate of drug-likeness (QED) is 0.0793. The minimum atomic E-state index is -0.103. The Hall–Kier alpha value is -0.0800. The van der Waals surface area contributed by atoms with Crippen LogP contribution in [-0.4, -0.2) is 6.17 Å². The van der Waals surface area contributed by atoms with Gasteiger partial charge in [0, 0.05) is 0 Å². The molecule has 2 heteroatoms. The third-order valence-corrected chi connectivity index (χ3v) is 7.64. The van der Waals surface area contributed by atoms with Crippen molar-refractivity contribution in [3.63, 3.8) is 0 Å². The van der Waals surface area contributed by atoms with Gasteiger partial charge in [-0.3, -0.25) is 0 Å².